The Morgan fingerprint density at radius 1 is 1.00 bits per heavy atom. The average molecular weight is 452 g/mol. The molecule has 0 aliphatic rings. The van der Waals surface area contributed by atoms with Crippen molar-refractivity contribution in [3.63, 3.8) is 0 Å². The minimum absolute atomic E-state index is 0.132. The largest absolute Gasteiger partial charge is 0.339 e. The average Bonchev–Trinajstić information content (AvgIpc) is 2.83. The maximum Gasteiger partial charge on any atom is 0.267 e. The zero-order valence-corrected chi connectivity index (χ0v) is 19.2. The van der Waals surface area contributed by atoms with E-state index in [9.17, 15) is 9.59 Å². The van der Waals surface area contributed by atoms with Crippen LogP contribution in [0.4, 0.5) is 0 Å². The molecule has 6 N–H and O–H groups in total. The maximum atomic E-state index is 12.2. The molecule has 0 radical (unpaired) electrons. The number of carbonyl (C=O) groups excluding carboxylic acids is 2. The Kier molecular flexibility index (Phi) is 11.1. The molecule has 0 bridgehead atoms. The second kappa shape index (κ2) is 14.0. The lowest BCUT2D eigenvalue weighted by Gasteiger charge is -2.14. The summed E-state index contributed by atoms with van der Waals surface area (Å²) < 4.78 is 0. The van der Waals surface area contributed by atoms with Gasteiger partial charge in [0.2, 0.25) is 0 Å². The topological polar surface area (TPSA) is 120 Å². The van der Waals surface area contributed by atoms with Gasteiger partial charge >= 0.3 is 0 Å². The summed E-state index contributed by atoms with van der Waals surface area (Å²) in [5.41, 5.74) is 10.2. The van der Waals surface area contributed by atoms with Gasteiger partial charge in [0.05, 0.1) is 0 Å². The van der Waals surface area contributed by atoms with Crippen molar-refractivity contribution in [2.45, 2.75) is 25.4 Å². The van der Waals surface area contributed by atoms with E-state index in [2.05, 4.69) is 53.6 Å². The summed E-state index contributed by atoms with van der Waals surface area (Å²) in [6, 6.07) is 13.8. The van der Waals surface area contributed by atoms with Crippen molar-refractivity contribution < 1.29 is 14.8 Å². The third kappa shape index (κ3) is 9.43. The molecule has 0 saturated carbocycles. The highest BCUT2D eigenvalue weighted by Gasteiger charge is 2.19. The number of hydrogen-bond acceptors (Lipinski definition) is 6. The van der Waals surface area contributed by atoms with Crippen molar-refractivity contribution in [2.75, 3.05) is 33.7 Å². The number of hydroxylamine groups is 1. The van der Waals surface area contributed by atoms with Crippen LogP contribution in [-0.4, -0.2) is 61.7 Å². The lowest BCUT2D eigenvalue weighted by molar-refractivity contribution is -0.130. The highest BCUT2D eigenvalue weighted by Crippen LogP contribution is 2.06. The van der Waals surface area contributed by atoms with Gasteiger partial charge < -0.3 is 21.3 Å². The molecular formula is C25H33N5O3. The van der Waals surface area contributed by atoms with Gasteiger partial charge in [-0.1, -0.05) is 24.0 Å². The molecule has 0 aliphatic carbocycles. The van der Waals surface area contributed by atoms with Crippen LogP contribution in [0.1, 0.15) is 39.9 Å². The minimum Gasteiger partial charge on any atom is -0.339 e. The molecule has 2 aromatic carbocycles. The number of nitrogens with two attached hydrogens (primary N) is 1. The summed E-state index contributed by atoms with van der Waals surface area (Å²) in [4.78, 5) is 25.9. The Morgan fingerprint density at radius 2 is 1.61 bits per heavy atom. The fourth-order valence-electron chi connectivity index (χ4n) is 3.02. The van der Waals surface area contributed by atoms with Crippen molar-refractivity contribution in [3.8, 4) is 11.8 Å². The zero-order valence-electron chi connectivity index (χ0n) is 19.2. The summed E-state index contributed by atoms with van der Waals surface area (Å²) in [6.45, 7) is 2.82. The Labute approximate surface area is 195 Å². The van der Waals surface area contributed by atoms with E-state index in [4.69, 9.17) is 10.9 Å². The number of nitrogens with zero attached hydrogens (tertiary/aromatic N) is 1. The van der Waals surface area contributed by atoms with Crippen molar-refractivity contribution in [1.82, 2.24) is 21.0 Å². The minimum atomic E-state index is -1.01. The van der Waals surface area contributed by atoms with E-state index in [1.54, 1.807) is 24.3 Å². The molecule has 2 rings (SSSR count). The SMILES string of the molecule is CN(C)CCCCNCc1ccc(C#Cc2ccc(C(=O)N[C@@H](CN)C(=O)NO)cc2)cc1. The third-order valence-corrected chi connectivity index (χ3v) is 4.96. The molecule has 176 valence electrons. The summed E-state index contributed by atoms with van der Waals surface area (Å²) in [5.74, 6) is 4.97. The molecule has 8 nitrogen and oxygen atoms in total. The highest BCUT2D eigenvalue weighted by molar-refractivity contribution is 5.97. The van der Waals surface area contributed by atoms with Gasteiger partial charge in [-0.2, -0.15) is 0 Å². The normalized spacial score (nSPS) is 11.4. The highest BCUT2D eigenvalue weighted by atomic mass is 16.5. The lowest BCUT2D eigenvalue weighted by atomic mass is 10.1. The first-order valence-electron chi connectivity index (χ1n) is 10.9. The first-order valence-corrected chi connectivity index (χ1v) is 10.9. The molecule has 0 heterocycles. The quantitative estimate of drug-likeness (QED) is 0.151. The van der Waals surface area contributed by atoms with Gasteiger partial charge in [-0.05, 0) is 82.0 Å². The van der Waals surface area contributed by atoms with Gasteiger partial charge in [-0.15, -0.1) is 0 Å². The summed E-state index contributed by atoms with van der Waals surface area (Å²) in [6.07, 6.45) is 2.35. The molecule has 2 amide bonds. The van der Waals surface area contributed by atoms with Crippen molar-refractivity contribution in [3.05, 3.63) is 70.8 Å². The van der Waals surface area contributed by atoms with Gasteiger partial charge in [0, 0.05) is 29.8 Å². The number of benzene rings is 2. The van der Waals surface area contributed by atoms with Crippen LogP contribution in [0, 0.1) is 11.8 Å². The summed E-state index contributed by atoms with van der Waals surface area (Å²) in [5, 5.41) is 14.6. The number of unbranched alkanes of at least 4 members (excludes halogenated alkanes) is 1. The molecule has 1 atom stereocenters. The Bertz CT molecular complexity index is 947. The zero-order chi connectivity index (χ0) is 24.1. The number of amides is 2. The second-order valence-corrected chi connectivity index (χ2v) is 7.95. The fourth-order valence-corrected chi connectivity index (χ4v) is 3.02. The van der Waals surface area contributed by atoms with Gasteiger partial charge in [0.25, 0.3) is 11.8 Å². The van der Waals surface area contributed by atoms with Gasteiger partial charge in [-0.25, -0.2) is 5.48 Å². The van der Waals surface area contributed by atoms with Crippen molar-refractivity contribution in [2.24, 2.45) is 5.73 Å². The smallest absolute Gasteiger partial charge is 0.267 e. The van der Waals surface area contributed by atoms with Gasteiger partial charge in [-0.3, -0.25) is 14.8 Å². The van der Waals surface area contributed by atoms with E-state index < -0.39 is 17.9 Å². The predicted octanol–water partition coefficient (Wildman–Crippen LogP) is 1.08. The van der Waals surface area contributed by atoms with Crippen molar-refractivity contribution in [1.29, 1.82) is 0 Å². The van der Waals surface area contributed by atoms with E-state index in [0.29, 0.717) is 5.56 Å². The standard InChI is InChI=1S/C25H33N5O3/c1-30(2)16-4-3-15-27-18-21-9-7-19(8-10-21)5-6-20-11-13-22(14-12-20)24(31)28-23(17-26)25(32)29-33/h7-14,23,27,33H,3-4,15-18,26H2,1-2H3,(H,28,31)(H,29,32)/t23-/m0/s1. The van der Waals surface area contributed by atoms with Crippen LogP contribution in [0.2, 0.25) is 0 Å². The molecule has 0 aromatic heterocycles. The Balaban J connectivity index is 1.84. The predicted molar refractivity (Wildman–Crippen MR) is 129 cm³/mol. The molecule has 0 unspecified atom stereocenters. The first kappa shape index (κ1) is 26.0. The molecule has 0 saturated heterocycles. The molecule has 0 spiro atoms. The monoisotopic (exact) mass is 451 g/mol. The molecule has 0 fully saturated rings. The van der Waals surface area contributed by atoms with Crippen LogP contribution in [0.3, 0.4) is 0 Å². The van der Waals surface area contributed by atoms with E-state index in [1.807, 2.05) is 12.1 Å². The van der Waals surface area contributed by atoms with Gasteiger partial charge in [0.1, 0.15) is 6.04 Å². The first-order chi connectivity index (χ1) is 15.9. The molecule has 2 aromatic rings. The van der Waals surface area contributed by atoms with E-state index in [1.165, 1.54) is 17.5 Å². The van der Waals surface area contributed by atoms with E-state index >= 15 is 0 Å². The maximum absolute atomic E-state index is 12.2. The molecule has 8 heteroatoms. The number of rotatable bonds is 11. The number of carbonyl (C=O) groups is 2. The summed E-state index contributed by atoms with van der Waals surface area (Å²) >= 11 is 0. The Hall–Kier alpha value is -3.22. The fraction of sp³-hybridized carbons (Fsp3) is 0.360. The number of nitrogens with one attached hydrogen (secondary N) is 3. The van der Waals surface area contributed by atoms with Crippen LogP contribution < -0.4 is 21.8 Å². The van der Waals surface area contributed by atoms with E-state index in [0.717, 1.165) is 37.2 Å². The summed E-state index contributed by atoms with van der Waals surface area (Å²) in [7, 11) is 4.18. The van der Waals surface area contributed by atoms with Crippen LogP contribution >= 0.6 is 0 Å². The molecular weight excluding hydrogens is 418 g/mol. The second-order valence-electron chi connectivity index (χ2n) is 7.95. The molecule has 33 heavy (non-hydrogen) atoms. The van der Waals surface area contributed by atoms with Crippen LogP contribution in [-0.2, 0) is 11.3 Å². The number of hydrogen-bond donors (Lipinski definition) is 5. The molecule has 0 aliphatic heterocycles. The lowest BCUT2D eigenvalue weighted by Crippen LogP contribution is -2.50. The van der Waals surface area contributed by atoms with Crippen molar-refractivity contribution >= 4 is 11.8 Å². The van der Waals surface area contributed by atoms with Crippen LogP contribution in [0.25, 0.3) is 0 Å². The third-order valence-electron chi connectivity index (χ3n) is 4.96. The van der Waals surface area contributed by atoms with Crippen LogP contribution in [0.5, 0.6) is 0 Å². The Morgan fingerprint density at radius 3 is 2.15 bits per heavy atom. The van der Waals surface area contributed by atoms with Gasteiger partial charge in [0.15, 0.2) is 0 Å². The van der Waals surface area contributed by atoms with Crippen LogP contribution in [0.15, 0.2) is 48.5 Å². The van der Waals surface area contributed by atoms with E-state index in [-0.39, 0.29) is 6.54 Å².